The third-order valence-electron chi connectivity index (χ3n) is 2.05. The Morgan fingerprint density at radius 1 is 1.36 bits per heavy atom. The van der Waals surface area contributed by atoms with E-state index in [1.165, 1.54) is 5.69 Å². The molecule has 0 aromatic heterocycles. The van der Waals surface area contributed by atoms with Crippen LogP contribution in [0.2, 0.25) is 0 Å². The van der Waals surface area contributed by atoms with Crippen molar-refractivity contribution in [3.8, 4) is 6.07 Å². The van der Waals surface area contributed by atoms with Crippen molar-refractivity contribution in [1.29, 1.82) is 5.26 Å². The Kier molecular flexibility index (Phi) is 4.48. The largest absolute Gasteiger partial charge is 0.375 e. The first-order valence-corrected chi connectivity index (χ1v) is 5.37. The summed E-state index contributed by atoms with van der Waals surface area (Å²) in [5.74, 6) is 0. The molecule has 2 nitrogen and oxygen atoms in total. The highest BCUT2D eigenvalue weighted by Gasteiger charge is 1.99. The average molecular weight is 253 g/mol. The first-order valence-electron chi connectivity index (χ1n) is 4.57. The van der Waals surface area contributed by atoms with Gasteiger partial charge >= 0.3 is 0 Å². The van der Waals surface area contributed by atoms with Gasteiger partial charge in [-0.1, -0.05) is 15.9 Å². The fourth-order valence-electron chi connectivity index (χ4n) is 1.22. The van der Waals surface area contributed by atoms with Gasteiger partial charge in [-0.05, 0) is 30.7 Å². The van der Waals surface area contributed by atoms with Crippen LogP contribution >= 0.6 is 15.9 Å². The lowest BCUT2D eigenvalue weighted by molar-refractivity contribution is 0.806. The molecule has 0 saturated carbocycles. The summed E-state index contributed by atoms with van der Waals surface area (Å²) in [7, 11) is 2.04. The zero-order chi connectivity index (χ0) is 10.4. The molecule has 74 valence electrons. The Balaban J connectivity index is 2.48. The third kappa shape index (κ3) is 3.39. The lowest BCUT2D eigenvalue weighted by Crippen LogP contribution is -2.17. The van der Waals surface area contributed by atoms with Crippen LogP contribution in [0.1, 0.15) is 12.8 Å². The lowest BCUT2D eigenvalue weighted by Gasteiger charge is -2.18. The Labute approximate surface area is 93.3 Å². The Bertz CT molecular complexity index is 313. The van der Waals surface area contributed by atoms with Gasteiger partial charge in [0.25, 0.3) is 0 Å². The molecule has 0 bridgehead atoms. The van der Waals surface area contributed by atoms with Crippen LogP contribution in [0.25, 0.3) is 0 Å². The molecule has 0 heterocycles. The fourth-order valence-corrected chi connectivity index (χ4v) is 1.48. The van der Waals surface area contributed by atoms with Gasteiger partial charge < -0.3 is 4.90 Å². The van der Waals surface area contributed by atoms with E-state index in [-0.39, 0.29) is 0 Å². The second kappa shape index (κ2) is 5.66. The maximum atomic E-state index is 8.41. The van der Waals surface area contributed by atoms with Gasteiger partial charge in [0.05, 0.1) is 6.07 Å². The molecule has 0 amide bonds. The topological polar surface area (TPSA) is 27.0 Å². The first kappa shape index (κ1) is 11.1. The second-order valence-corrected chi connectivity index (χ2v) is 4.08. The monoisotopic (exact) mass is 252 g/mol. The van der Waals surface area contributed by atoms with Gasteiger partial charge in [-0.2, -0.15) is 5.26 Å². The van der Waals surface area contributed by atoms with E-state index in [4.69, 9.17) is 5.26 Å². The number of nitrogens with zero attached hydrogens (tertiary/aromatic N) is 2. The van der Waals surface area contributed by atoms with Gasteiger partial charge in [0.1, 0.15) is 0 Å². The number of anilines is 1. The van der Waals surface area contributed by atoms with Crippen molar-refractivity contribution in [1.82, 2.24) is 0 Å². The Morgan fingerprint density at radius 3 is 2.57 bits per heavy atom. The van der Waals surface area contributed by atoms with E-state index in [1.807, 2.05) is 19.2 Å². The quantitative estimate of drug-likeness (QED) is 0.770. The predicted octanol–water partition coefficient (Wildman–Crippen LogP) is 3.19. The van der Waals surface area contributed by atoms with Crippen LogP contribution in [0.5, 0.6) is 0 Å². The lowest BCUT2D eigenvalue weighted by atomic mass is 10.2. The SMILES string of the molecule is CN(CCCC#N)c1ccc(Br)cc1. The van der Waals surface area contributed by atoms with Crippen LogP contribution in [0.15, 0.2) is 28.7 Å². The average Bonchev–Trinajstić information content (AvgIpc) is 2.19. The van der Waals surface area contributed by atoms with Crippen molar-refractivity contribution >= 4 is 21.6 Å². The van der Waals surface area contributed by atoms with Gasteiger partial charge in [-0.3, -0.25) is 0 Å². The molecule has 0 aliphatic heterocycles. The highest BCUT2D eigenvalue weighted by Crippen LogP contribution is 2.17. The minimum atomic E-state index is 0.626. The molecular weight excluding hydrogens is 240 g/mol. The van der Waals surface area contributed by atoms with E-state index in [0.717, 1.165) is 17.4 Å². The van der Waals surface area contributed by atoms with Crippen LogP contribution < -0.4 is 4.90 Å². The smallest absolute Gasteiger partial charge is 0.0622 e. The number of nitriles is 1. The molecule has 0 aliphatic rings. The van der Waals surface area contributed by atoms with Crippen molar-refractivity contribution in [2.75, 3.05) is 18.5 Å². The highest BCUT2D eigenvalue weighted by atomic mass is 79.9. The van der Waals surface area contributed by atoms with Gasteiger partial charge in [0.2, 0.25) is 0 Å². The molecule has 0 radical (unpaired) electrons. The number of unbranched alkanes of at least 4 members (excludes halogenated alkanes) is 1. The molecule has 0 atom stereocenters. The first-order chi connectivity index (χ1) is 6.74. The summed E-state index contributed by atoms with van der Waals surface area (Å²) in [4.78, 5) is 2.16. The van der Waals surface area contributed by atoms with Gasteiger partial charge in [-0.15, -0.1) is 0 Å². The minimum absolute atomic E-state index is 0.626. The summed E-state index contributed by atoms with van der Waals surface area (Å²) in [6.07, 6.45) is 1.55. The summed E-state index contributed by atoms with van der Waals surface area (Å²) in [5, 5.41) is 8.41. The maximum absolute atomic E-state index is 8.41. The summed E-state index contributed by atoms with van der Waals surface area (Å²) >= 11 is 3.40. The van der Waals surface area contributed by atoms with Crippen molar-refractivity contribution in [3.05, 3.63) is 28.7 Å². The van der Waals surface area contributed by atoms with Gasteiger partial charge in [0, 0.05) is 30.2 Å². The molecule has 0 spiro atoms. The number of hydrogen-bond donors (Lipinski definition) is 0. The molecule has 3 heteroatoms. The van der Waals surface area contributed by atoms with E-state index < -0.39 is 0 Å². The van der Waals surface area contributed by atoms with Gasteiger partial charge in [-0.25, -0.2) is 0 Å². The molecule has 1 aromatic carbocycles. The standard InChI is InChI=1S/C11H13BrN2/c1-14(9-3-2-8-13)11-6-4-10(12)5-7-11/h4-7H,2-3,9H2,1H3. The normalized spacial score (nSPS) is 9.50. The molecular formula is C11H13BrN2. The third-order valence-corrected chi connectivity index (χ3v) is 2.58. The Morgan fingerprint density at radius 2 is 2.00 bits per heavy atom. The van der Waals surface area contributed by atoms with E-state index in [2.05, 4.69) is 39.0 Å². The summed E-state index contributed by atoms with van der Waals surface area (Å²) in [5.41, 5.74) is 1.19. The van der Waals surface area contributed by atoms with E-state index in [9.17, 15) is 0 Å². The highest BCUT2D eigenvalue weighted by molar-refractivity contribution is 9.10. The zero-order valence-electron chi connectivity index (χ0n) is 8.20. The molecule has 1 aromatic rings. The maximum Gasteiger partial charge on any atom is 0.0622 e. The molecule has 14 heavy (non-hydrogen) atoms. The van der Waals surface area contributed by atoms with Crippen molar-refractivity contribution < 1.29 is 0 Å². The van der Waals surface area contributed by atoms with Crippen molar-refractivity contribution in [3.63, 3.8) is 0 Å². The minimum Gasteiger partial charge on any atom is -0.375 e. The second-order valence-electron chi connectivity index (χ2n) is 3.16. The molecule has 0 saturated heterocycles. The van der Waals surface area contributed by atoms with E-state index in [0.29, 0.717) is 6.42 Å². The number of hydrogen-bond acceptors (Lipinski definition) is 2. The number of rotatable bonds is 4. The summed E-state index contributed by atoms with van der Waals surface area (Å²) < 4.78 is 1.09. The number of halogens is 1. The van der Waals surface area contributed by atoms with E-state index >= 15 is 0 Å². The number of benzene rings is 1. The van der Waals surface area contributed by atoms with Crippen LogP contribution in [0.3, 0.4) is 0 Å². The molecule has 0 aliphatic carbocycles. The van der Waals surface area contributed by atoms with Crippen molar-refractivity contribution in [2.45, 2.75) is 12.8 Å². The zero-order valence-corrected chi connectivity index (χ0v) is 9.79. The summed E-state index contributed by atoms with van der Waals surface area (Å²) in [6.45, 7) is 0.926. The van der Waals surface area contributed by atoms with E-state index in [1.54, 1.807) is 0 Å². The summed E-state index contributed by atoms with van der Waals surface area (Å²) in [6, 6.07) is 10.3. The fraction of sp³-hybridized carbons (Fsp3) is 0.364. The van der Waals surface area contributed by atoms with Crippen LogP contribution in [-0.4, -0.2) is 13.6 Å². The molecule has 0 unspecified atom stereocenters. The molecule has 1 rings (SSSR count). The van der Waals surface area contributed by atoms with Crippen molar-refractivity contribution in [2.24, 2.45) is 0 Å². The molecule has 0 N–H and O–H groups in total. The van der Waals surface area contributed by atoms with Crippen LogP contribution in [-0.2, 0) is 0 Å². The predicted molar refractivity (Wildman–Crippen MR) is 62.3 cm³/mol. The van der Waals surface area contributed by atoms with Gasteiger partial charge in [0.15, 0.2) is 0 Å². The van der Waals surface area contributed by atoms with Crippen LogP contribution in [0.4, 0.5) is 5.69 Å². The molecule has 0 fully saturated rings. The van der Waals surface area contributed by atoms with Crippen LogP contribution in [0, 0.1) is 11.3 Å². The Hall–Kier alpha value is -1.01.